The number of nitrogens with zero attached hydrogens (tertiary/aromatic N) is 5. The molecule has 1 unspecified atom stereocenters. The molecule has 0 spiro atoms. The van der Waals surface area contributed by atoms with E-state index in [1.54, 1.807) is 19.4 Å². The highest BCUT2D eigenvalue weighted by Gasteiger charge is 2.28. The largest absolute Gasteiger partial charge is 0.493 e. The predicted octanol–water partition coefficient (Wildman–Crippen LogP) is 1.65. The number of amides is 1. The van der Waals surface area contributed by atoms with Crippen LogP contribution in [-0.4, -0.2) is 70.1 Å². The molecule has 2 aromatic heterocycles. The van der Waals surface area contributed by atoms with E-state index in [9.17, 15) is 4.79 Å². The molecule has 4 heterocycles. The highest BCUT2D eigenvalue weighted by molar-refractivity contribution is 5.95. The van der Waals surface area contributed by atoms with Crippen LogP contribution in [0.1, 0.15) is 22.8 Å². The topological polar surface area (TPSA) is 96.5 Å². The Hall–Kier alpha value is -3.36. The van der Waals surface area contributed by atoms with Gasteiger partial charge in [-0.25, -0.2) is 9.97 Å². The quantitative estimate of drug-likeness (QED) is 0.721. The van der Waals surface area contributed by atoms with E-state index in [-0.39, 0.29) is 12.0 Å². The van der Waals surface area contributed by atoms with E-state index in [0.29, 0.717) is 43.1 Å². The second kappa shape index (κ2) is 6.91. The molecule has 0 saturated carbocycles. The number of nitrogens with one attached hydrogen (secondary N) is 1. The van der Waals surface area contributed by atoms with E-state index < -0.39 is 0 Å². The molecular weight excluding hydrogens is 372 g/mol. The molecule has 9 heteroatoms. The molecule has 2 aliphatic heterocycles. The molecule has 0 aliphatic carbocycles. The number of anilines is 1. The summed E-state index contributed by atoms with van der Waals surface area (Å²) in [5, 5.41) is 0. The number of benzene rings is 1. The first kappa shape index (κ1) is 17.7. The maximum absolute atomic E-state index is 13.1. The number of ether oxygens (including phenoxy) is 2. The predicted molar refractivity (Wildman–Crippen MR) is 107 cm³/mol. The fourth-order valence-electron chi connectivity index (χ4n) is 3.98. The van der Waals surface area contributed by atoms with Gasteiger partial charge < -0.3 is 24.3 Å². The van der Waals surface area contributed by atoms with Gasteiger partial charge in [0.15, 0.2) is 17.1 Å². The van der Waals surface area contributed by atoms with Crippen LogP contribution in [0.25, 0.3) is 11.2 Å². The average molecular weight is 394 g/mol. The second-order valence-corrected chi connectivity index (χ2v) is 7.40. The Morgan fingerprint density at radius 3 is 2.86 bits per heavy atom. The zero-order chi connectivity index (χ0) is 20.0. The van der Waals surface area contributed by atoms with Gasteiger partial charge in [-0.2, -0.15) is 4.98 Å². The number of hydrogen-bond acceptors (Lipinski definition) is 7. The van der Waals surface area contributed by atoms with E-state index in [1.807, 2.05) is 17.9 Å². The lowest BCUT2D eigenvalue weighted by Crippen LogP contribution is -2.49. The Morgan fingerprint density at radius 1 is 1.28 bits per heavy atom. The summed E-state index contributed by atoms with van der Waals surface area (Å²) in [6.07, 6.45) is 4.08. The van der Waals surface area contributed by atoms with Crippen LogP contribution in [0.15, 0.2) is 24.7 Å². The number of imidazole rings is 1. The molecule has 0 bridgehead atoms. The van der Waals surface area contributed by atoms with Gasteiger partial charge in [0.2, 0.25) is 5.95 Å². The van der Waals surface area contributed by atoms with E-state index in [2.05, 4.69) is 24.8 Å². The third kappa shape index (κ3) is 3.12. The number of carbonyl (C=O) groups excluding carboxylic acids is 1. The maximum Gasteiger partial charge on any atom is 0.254 e. The van der Waals surface area contributed by atoms with E-state index in [4.69, 9.17) is 9.47 Å². The average Bonchev–Trinajstić information content (AvgIpc) is 3.35. The maximum atomic E-state index is 13.1. The Balaban J connectivity index is 1.31. The van der Waals surface area contributed by atoms with Crippen LogP contribution in [0.3, 0.4) is 0 Å². The number of H-pyrrole nitrogens is 1. The summed E-state index contributed by atoms with van der Waals surface area (Å²) in [6.45, 7) is 4.65. The zero-order valence-electron chi connectivity index (χ0n) is 16.4. The third-order valence-corrected chi connectivity index (χ3v) is 5.44. The van der Waals surface area contributed by atoms with Crippen LogP contribution in [0.4, 0.5) is 5.95 Å². The lowest BCUT2D eigenvalue weighted by atomic mass is 10.0. The Morgan fingerprint density at radius 2 is 2.10 bits per heavy atom. The molecule has 150 valence electrons. The smallest absolute Gasteiger partial charge is 0.254 e. The van der Waals surface area contributed by atoms with Crippen LogP contribution in [0.5, 0.6) is 11.5 Å². The lowest BCUT2D eigenvalue weighted by molar-refractivity contribution is 0.0746. The molecule has 0 radical (unpaired) electrons. The first-order chi connectivity index (χ1) is 14.1. The minimum atomic E-state index is 0.0146. The van der Waals surface area contributed by atoms with Crippen LogP contribution in [0, 0.1) is 0 Å². The first-order valence-electron chi connectivity index (χ1n) is 9.70. The Kier molecular flexibility index (Phi) is 4.22. The van der Waals surface area contributed by atoms with E-state index in [1.165, 1.54) is 6.33 Å². The van der Waals surface area contributed by atoms with Gasteiger partial charge in [-0.05, 0) is 19.1 Å². The van der Waals surface area contributed by atoms with Gasteiger partial charge >= 0.3 is 0 Å². The summed E-state index contributed by atoms with van der Waals surface area (Å²) in [6, 6.07) is 3.72. The molecular formula is C20H22N6O3. The number of carbonyl (C=O) groups is 1. The second-order valence-electron chi connectivity index (χ2n) is 7.40. The number of aromatic amines is 1. The van der Waals surface area contributed by atoms with Crippen molar-refractivity contribution in [1.29, 1.82) is 0 Å². The number of fused-ring (bicyclic) bond motifs is 2. The van der Waals surface area contributed by atoms with E-state index >= 15 is 0 Å². The Bertz CT molecular complexity index is 1040. The van der Waals surface area contributed by atoms with Gasteiger partial charge in [-0.15, -0.1) is 0 Å². The first-order valence-corrected chi connectivity index (χ1v) is 9.70. The van der Waals surface area contributed by atoms with Crippen molar-refractivity contribution in [2.24, 2.45) is 0 Å². The summed E-state index contributed by atoms with van der Waals surface area (Å²) in [5.74, 6) is 2.16. The van der Waals surface area contributed by atoms with Gasteiger partial charge in [0.25, 0.3) is 5.91 Å². The molecule has 3 aromatic rings. The molecule has 1 atom stereocenters. The van der Waals surface area contributed by atoms with Crippen molar-refractivity contribution in [3.05, 3.63) is 35.8 Å². The molecule has 2 aliphatic rings. The molecule has 5 rings (SSSR count). The third-order valence-electron chi connectivity index (χ3n) is 5.44. The fraction of sp³-hybridized carbons (Fsp3) is 0.400. The molecule has 9 nitrogen and oxygen atoms in total. The minimum Gasteiger partial charge on any atom is -0.493 e. The van der Waals surface area contributed by atoms with Gasteiger partial charge in [0.1, 0.15) is 17.9 Å². The van der Waals surface area contributed by atoms with Crippen molar-refractivity contribution in [2.45, 2.75) is 19.4 Å². The molecule has 1 fully saturated rings. The summed E-state index contributed by atoms with van der Waals surface area (Å²) >= 11 is 0. The monoisotopic (exact) mass is 394 g/mol. The van der Waals surface area contributed by atoms with Crippen molar-refractivity contribution >= 4 is 23.0 Å². The summed E-state index contributed by atoms with van der Waals surface area (Å²) < 4.78 is 11.3. The van der Waals surface area contributed by atoms with Crippen molar-refractivity contribution in [3.8, 4) is 11.5 Å². The highest BCUT2D eigenvalue weighted by atomic mass is 16.5. The summed E-state index contributed by atoms with van der Waals surface area (Å²) in [4.78, 5) is 33.0. The highest BCUT2D eigenvalue weighted by Crippen LogP contribution is 2.39. The van der Waals surface area contributed by atoms with Crippen molar-refractivity contribution in [1.82, 2.24) is 24.8 Å². The van der Waals surface area contributed by atoms with Crippen molar-refractivity contribution in [3.63, 3.8) is 0 Å². The molecule has 1 aromatic carbocycles. The van der Waals surface area contributed by atoms with Crippen molar-refractivity contribution < 1.29 is 14.3 Å². The van der Waals surface area contributed by atoms with Crippen LogP contribution in [0.2, 0.25) is 0 Å². The normalized spacial score (nSPS) is 18.6. The SMILES string of the molecule is COc1cc(C(=O)N2CCN(c3nc4ncncc4[nH]3)CC2)cc2c1OC(C)C2. The van der Waals surface area contributed by atoms with Crippen molar-refractivity contribution in [2.75, 3.05) is 38.2 Å². The Labute approximate surface area is 167 Å². The van der Waals surface area contributed by atoms with Crippen LogP contribution in [-0.2, 0) is 6.42 Å². The minimum absolute atomic E-state index is 0.0146. The molecule has 1 amide bonds. The lowest BCUT2D eigenvalue weighted by Gasteiger charge is -2.34. The molecule has 29 heavy (non-hydrogen) atoms. The number of methoxy groups -OCH3 is 1. The van der Waals surface area contributed by atoms with E-state index in [0.717, 1.165) is 29.2 Å². The number of rotatable bonds is 3. The number of piperazine rings is 1. The number of hydrogen-bond donors (Lipinski definition) is 1. The summed E-state index contributed by atoms with van der Waals surface area (Å²) in [7, 11) is 1.60. The molecule has 1 saturated heterocycles. The van der Waals surface area contributed by atoms with Crippen LogP contribution >= 0.6 is 0 Å². The fourth-order valence-corrected chi connectivity index (χ4v) is 3.98. The molecule has 1 N–H and O–H groups in total. The van der Waals surface area contributed by atoms with Crippen LogP contribution < -0.4 is 14.4 Å². The number of aromatic nitrogens is 4. The van der Waals surface area contributed by atoms with Gasteiger partial charge in [-0.1, -0.05) is 0 Å². The van der Waals surface area contributed by atoms with Gasteiger partial charge in [-0.3, -0.25) is 4.79 Å². The van der Waals surface area contributed by atoms with Gasteiger partial charge in [0, 0.05) is 43.7 Å². The summed E-state index contributed by atoms with van der Waals surface area (Å²) in [5.41, 5.74) is 3.13. The zero-order valence-corrected chi connectivity index (χ0v) is 16.4. The van der Waals surface area contributed by atoms with Gasteiger partial charge in [0.05, 0.1) is 13.3 Å². The standard InChI is InChI=1S/C20H22N6O3/c1-12-7-13-8-14(9-16(28-2)17(13)29-12)19(27)25-3-5-26(6-4-25)20-23-15-10-21-11-22-18(15)24-20/h8-12H,3-7H2,1-2H3,(H,21,22,23,24).